The Labute approximate surface area is 285 Å². The van der Waals surface area contributed by atoms with Crippen molar-refractivity contribution < 1.29 is 19.1 Å². The predicted octanol–water partition coefficient (Wildman–Crippen LogP) is 8.58. The number of hydrogen-bond acceptors (Lipinski definition) is 5. The van der Waals surface area contributed by atoms with Crippen LogP contribution in [-0.4, -0.2) is 24.3 Å². The standard InChI is InChI=1S/C40H37N3O4S/c1-4-47-33-21-17-29(18-22-33)26-36(43-38(44)31-13-9-6-10-14-31)39(45)41-32-19-23-34(24-20-32)48-37(30-11-7-5-8-12-30)40(46)42-35-25-27(2)15-16-28(35)3/h5-26,37H,4H2,1-3H3,(H,41,45)(H,42,46)(H,43,44)/b36-26-. The molecule has 0 spiro atoms. The molecule has 0 aliphatic rings. The fourth-order valence-electron chi connectivity index (χ4n) is 4.86. The van der Waals surface area contributed by atoms with Crippen LogP contribution in [0.3, 0.4) is 0 Å². The highest BCUT2D eigenvalue weighted by Crippen LogP contribution is 2.37. The maximum Gasteiger partial charge on any atom is 0.272 e. The van der Waals surface area contributed by atoms with Gasteiger partial charge >= 0.3 is 0 Å². The molecular weight excluding hydrogens is 619 g/mol. The number of anilines is 2. The van der Waals surface area contributed by atoms with Crippen LogP contribution in [0.4, 0.5) is 11.4 Å². The molecule has 1 unspecified atom stereocenters. The second-order valence-corrected chi connectivity index (χ2v) is 12.3. The van der Waals surface area contributed by atoms with Crippen LogP contribution in [0.5, 0.6) is 5.75 Å². The van der Waals surface area contributed by atoms with Crippen LogP contribution in [-0.2, 0) is 9.59 Å². The molecule has 242 valence electrons. The molecular formula is C40H37N3O4S. The Hall–Kier alpha value is -5.60. The highest BCUT2D eigenvalue weighted by Gasteiger charge is 2.23. The predicted molar refractivity (Wildman–Crippen MR) is 194 cm³/mol. The molecule has 5 aromatic carbocycles. The van der Waals surface area contributed by atoms with Gasteiger partial charge in [0.1, 0.15) is 16.7 Å². The van der Waals surface area contributed by atoms with E-state index < -0.39 is 17.1 Å². The Morgan fingerprint density at radius 2 is 1.44 bits per heavy atom. The Kier molecular flexibility index (Phi) is 11.5. The first-order chi connectivity index (χ1) is 23.3. The summed E-state index contributed by atoms with van der Waals surface area (Å²) in [5.74, 6) is -0.302. The third-order valence-electron chi connectivity index (χ3n) is 7.39. The first-order valence-corrected chi connectivity index (χ1v) is 16.5. The van der Waals surface area contributed by atoms with E-state index in [1.165, 1.54) is 11.8 Å². The van der Waals surface area contributed by atoms with Gasteiger partial charge in [-0.2, -0.15) is 0 Å². The molecule has 8 heteroatoms. The molecule has 0 fully saturated rings. The minimum Gasteiger partial charge on any atom is -0.494 e. The molecule has 0 aliphatic carbocycles. The van der Waals surface area contributed by atoms with Crippen LogP contribution in [0.1, 0.15) is 44.8 Å². The van der Waals surface area contributed by atoms with Crippen molar-refractivity contribution >= 4 is 46.9 Å². The summed E-state index contributed by atoms with van der Waals surface area (Å²) in [6, 6.07) is 38.9. The van der Waals surface area contributed by atoms with Crippen molar-refractivity contribution in [3.8, 4) is 5.75 Å². The van der Waals surface area contributed by atoms with Crippen LogP contribution in [0.2, 0.25) is 0 Å². The van der Waals surface area contributed by atoms with Crippen LogP contribution in [0, 0.1) is 13.8 Å². The third-order valence-corrected chi connectivity index (χ3v) is 8.65. The van der Waals surface area contributed by atoms with Gasteiger partial charge in [0, 0.05) is 21.8 Å². The second kappa shape index (κ2) is 16.3. The average molecular weight is 656 g/mol. The van der Waals surface area contributed by atoms with Crippen molar-refractivity contribution in [3.05, 3.63) is 161 Å². The number of amides is 3. The number of nitrogens with one attached hydrogen (secondary N) is 3. The molecule has 5 rings (SSSR count). The lowest BCUT2D eigenvalue weighted by molar-refractivity contribution is -0.116. The number of benzene rings is 5. The summed E-state index contributed by atoms with van der Waals surface area (Å²) in [4.78, 5) is 41.0. The van der Waals surface area contributed by atoms with Gasteiger partial charge in [-0.15, -0.1) is 11.8 Å². The molecule has 7 nitrogen and oxygen atoms in total. The fraction of sp³-hybridized carbons (Fsp3) is 0.125. The monoisotopic (exact) mass is 655 g/mol. The first-order valence-electron chi connectivity index (χ1n) is 15.6. The molecule has 48 heavy (non-hydrogen) atoms. The van der Waals surface area contributed by atoms with Gasteiger partial charge in [-0.25, -0.2) is 0 Å². The van der Waals surface area contributed by atoms with Gasteiger partial charge in [-0.05, 0) is 104 Å². The number of rotatable bonds is 12. The van der Waals surface area contributed by atoms with E-state index in [1.807, 2.05) is 112 Å². The Morgan fingerprint density at radius 3 is 2.10 bits per heavy atom. The zero-order valence-electron chi connectivity index (χ0n) is 27.0. The highest BCUT2D eigenvalue weighted by molar-refractivity contribution is 8.00. The number of carbonyl (C=O) groups is 3. The van der Waals surface area contributed by atoms with E-state index in [-0.39, 0.29) is 11.6 Å². The summed E-state index contributed by atoms with van der Waals surface area (Å²) < 4.78 is 5.53. The zero-order chi connectivity index (χ0) is 33.9. The highest BCUT2D eigenvalue weighted by atomic mass is 32.2. The minimum atomic E-state index is -0.511. The Balaban J connectivity index is 1.33. The Morgan fingerprint density at radius 1 is 0.771 bits per heavy atom. The van der Waals surface area contributed by atoms with Crippen LogP contribution in [0.25, 0.3) is 6.08 Å². The van der Waals surface area contributed by atoms with Crippen LogP contribution in [0.15, 0.2) is 138 Å². The van der Waals surface area contributed by atoms with E-state index in [0.29, 0.717) is 23.6 Å². The number of thioether (sulfide) groups is 1. The molecule has 0 radical (unpaired) electrons. The fourth-order valence-corrected chi connectivity index (χ4v) is 5.88. The molecule has 0 aliphatic heterocycles. The second-order valence-electron chi connectivity index (χ2n) is 11.1. The largest absolute Gasteiger partial charge is 0.494 e. The summed E-state index contributed by atoms with van der Waals surface area (Å²) in [5.41, 5.74) is 5.48. The Bertz CT molecular complexity index is 1890. The maximum absolute atomic E-state index is 13.6. The molecule has 0 aromatic heterocycles. The smallest absolute Gasteiger partial charge is 0.272 e. The van der Waals surface area contributed by atoms with Crippen LogP contribution >= 0.6 is 11.8 Å². The van der Waals surface area contributed by atoms with Crippen molar-refractivity contribution in [3.63, 3.8) is 0 Å². The molecule has 0 saturated heterocycles. The lowest BCUT2D eigenvalue weighted by Crippen LogP contribution is -2.30. The topological polar surface area (TPSA) is 96.5 Å². The van der Waals surface area contributed by atoms with Gasteiger partial charge < -0.3 is 20.7 Å². The number of ether oxygens (including phenoxy) is 1. The van der Waals surface area contributed by atoms with Crippen molar-refractivity contribution in [1.29, 1.82) is 0 Å². The lowest BCUT2D eigenvalue weighted by Gasteiger charge is -2.18. The molecule has 0 heterocycles. The zero-order valence-corrected chi connectivity index (χ0v) is 27.8. The first kappa shape index (κ1) is 33.8. The van der Waals surface area contributed by atoms with Gasteiger partial charge in [0.05, 0.1) is 6.61 Å². The summed E-state index contributed by atoms with van der Waals surface area (Å²) >= 11 is 1.42. The molecule has 1 atom stereocenters. The normalized spacial score (nSPS) is 11.7. The van der Waals surface area contributed by atoms with Crippen molar-refractivity contribution in [2.24, 2.45) is 0 Å². The SMILES string of the molecule is CCOc1ccc(/C=C(\NC(=O)c2ccccc2)C(=O)Nc2ccc(SC(C(=O)Nc3cc(C)ccc3C)c3ccccc3)cc2)cc1. The van der Waals surface area contributed by atoms with E-state index in [0.717, 1.165) is 32.8 Å². The molecule has 0 saturated carbocycles. The van der Waals surface area contributed by atoms with Crippen molar-refractivity contribution in [2.75, 3.05) is 17.2 Å². The quantitative estimate of drug-likeness (QED) is 0.0924. The van der Waals surface area contributed by atoms with Crippen molar-refractivity contribution in [1.82, 2.24) is 5.32 Å². The van der Waals surface area contributed by atoms with Gasteiger partial charge in [0.25, 0.3) is 11.8 Å². The average Bonchev–Trinajstić information content (AvgIpc) is 3.10. The minimum absolute atomic E-state index is 0.0821. The number of hydrogen-bond donors (Lipinski definition) is 3. The van der Waals surface area contributed by atoms with E-state index >= 15 is 0 Å². The summed E-state index contributed by atoms with van der Waals surface area (Å²) in [7, 11) is 0. The summed E-state index contributed by atoms with van der Waals surface area (Å²) in [6.45, 7) is 6.42. The van der Waals surface area contributed by atoms with Crippen molar-refractivity contribution in [2.45, 2.75) is 30.9 Å². The maximum atomic E-state index is 13.6. The van der Waals surface area contributed by atoms with E-state index in [1.54, 1.807) is 42.5 Å². The number of carbonyl (C=O) groups excluding carboxylic acids is 3. The van der Waals surface area contributed by atoms with Gasteiger partial charge in [0.15, 0.2) is 0 Å². The third kappa shape index (κ3) is 9.24. The van der Waals surface area contributed by atoms with Crippen LogP contribution < -0.4 is 20.7 Å². The molecule has 3 amide bonds. The van der Waals surface area contributed by atoms with Gasteiger partial charge in [0.2, 0.25) is 5.91 Å². The van der Waals surface area contributed by atoms with Gasteiger partial charge in [-0.3, -0.25) is 14.4 Å². The van der Waals surface area contributed by atoms with E-state index in [2.05, 4.69) is 16.0 Å². The molecule has 5 aromatic rings. The molecule has 0 bridgehead atoms. The lowest BCUT2D eigenvalue weighted by atomic mass is 10.1. The molecule has 3 N–H and O–H groups in total. The van der Waals surface area contributed by atoms with E-state index in [9.17, 15) is 14.4 Å². The summed E-state index contributed by atoms with van der Waals surface area (Å²) in [6.07, 6.45) is 1.62. The number of aryl methyl sites for hydroxylation is 2. The summed E-state index contributed by atoms with van der Waals surface area (Å²) in [5, 5.41) is 8.26. The van der Waals surface area contributed by atoms with Gasteiger partial charge in [-0.1, -0.05) is 72.8 Å². The van der Waals surface area contributed by atoms with E-state index in [4.69, 9.17) is 4.74 Å².